The van der Waals surface area contributed by atoms with E-state index >= 15 is 0 Å². The molecule has 0 atom stereocenters. The SMILES string of the molecule is C=N/C(=C\C(=NCc1ccc(C2(c3ccc(-c4cccc(-c5ccccc5)c4)cc3)CCCCC2)cc1)c1ccccc1)c1ccccc1. The topological polar surface area (TPSA) is 24.7 Å². The third kappa shape index (κ3) is 7.29. The van der Waals surface area contributed by atoms with Crippen molar-refractivity contribution in [1.29, 1.82) is 0 Å². The highest BCUT2D eigenvalue weighted by Crippen LogP contribution is 2.45. The molecule has 0 amide bonds. The Morgan fingerprint density at radius 1 is 0.531 bits per heavy atom. The maximum Gasteiger partial charge on any atom is 0.0716 e. The number of hydrogen-bond acceptors (Lipinski definition) is 2. The summed E-state index contributed by atoms with van der Waals surface area (Å²) in [6.45, 7) is 4.44. The van der Waals surface area contributed by atoms with Gasteiger partial charge in [-0.1, -0.05) is 177 Å². The molecule has 1 saturated carbocycles. The molecule has 2 heteroatoms. The zero-order valence-electron chi connectivity index (χ0n) is 28.0. The van der Waals surface area contributed by atoms with Crippen LogP contribution in [0.25, 0.3) is 28.0 Å². The highest BCUT2D eigenvalue weighted by atomic mass is 14.8. The van der Waals surface area contributed by atoms with Crippen molar-refractivity contribution in [2.24, 2.45) is 9.98 Å². The summed E-state index contributed by atoms with van der Waals surface area (Å²) in [7, 11) is 0. The van der Waals surface area contributed by atoms with Crippen LogP contribution in [-0.4, -0.2) is 12.4 Å². The lowest BCUT2D eigenvalue weighted by atomic mass is 9.65. The monoisotopic (exact) mass is 634 g/mol. The second-order valence-corrected chi connectivity index (χ2v) is 13.0. The fourth-order valence-electron chi connectivity index (χ4n) is 7.28. The van der Waals surface area contributed by atoms with Crippen LogP contribution in [0, 0.1) is 0 Å². The van der Waals surface area contributed by atoms with E-state index in [1.807, 2.05) is 30.3 Å². The molecular weight excluding hydrogens is 593 g/mol. The fraction of sp³-hybridized carbons (Fsp3) is 0.149. The van der Waals surface area contributed by atoms with Gasteiger partial charge in [0, 0.05) is 11.0 Å². The van der Waals surface area contributed by atoms with Crippen molar-refractivity contribution in [3.05, 3.63) is 198 Å². The molecule has 0 aromatic heterocycles. The van der Waals surface area contributed by atoms with Gasteiger partial charge in [-0.15, -0.1) is 0 Å². The summed E-state index contributed by atoms with van der Waals surface area (Å²) in [5.74, 6) is 0. The Kier molecular flexibility index (Phi) is 9.85. The highest BCUT2D eigenvalue weighted by Gasteiger charge is 2.35. The van der Waals surface area contributed by atoms with E-state index in [0.717, 1.165) is 22.5 Å². The standard InChI is InChI=1S/C47H42N2/c1-48-45(39-17-8-3-9-18-39)34-46(40-19-10-4-11-20-40)49-35-36-23-27-43(28-24-36)47(31-12-5-13-32-47)44-29-25-38(26-30-44)42-22-14-21-41(33-42)37-15-6-2-7-16-37/h2-4,6-11,14-30,33-34H,1,5,12-13,31-32,35H2/b45-34-,49-46?. The van der Waals surface area contributed by atoms with E-state index in [2.05, 4.69) is 151 Å². The molecule has 0 bridgehead atoms. The van der Waals surface area contributed by atoms with Crippen LogP contribution in [0.15, 0.2) is 180 Å². The zero-order chi connectivity index (χ0) is 33.3. The van der Waals surface area contributed by atoms with Gasteiger partial charge in [-0.05, 0) is 76.2 Å². The van der Waals surface area contributed by atoms with Crippen molar-refractivity contribution in [2.45, 2.75) is 44.1 Å². The minimum absolute atomic E-state index is 0.0304. The van der Waals surface area contributed by atoms with Crippen LogP contribution in [0.3, 0.4) is 0 Å². The molecule has 0 unspecified atom stereocenters. The van der Waals surface area contributed by atoms with Gasteiger partial charge in [0.05, 0.1) is 18.0 Å². The van der Waals surface area contributed by atoms with Gasteiger partial charge in [0.15, 0.2) is 0 Å². The summed E-state index contributed by atoms with van der Waals surface area (Å²) in [4.78, 5) is 9.46. The van der Waals surface area contributed by atoms with Crippen LogP contribution in [-0.2, 0) is 12.0 Å². The molecule has 6 aromatic rings. The van der Waals surface area contributed by atoms with E-state index in [1.54, 1.807) is 0 Å². The molecule has 1 aliphatic carbocycles. The Hall–Kier alpha value is -5.60. The van der Waals surface area contributed by atoms with Gasteiger partial charge in [0.25, 0.3) is 0 Å². The number of hydrogen-bond donors (Lipinski definition) is 0. The van der Waals surface area contributed by atoms with Gasteiger partial charge < -0.3 is 0 Å². The average molecular weight is 635 g/mol. The van der Waals surface area contributed by atoms with Gasteiger partial charge >= 0.3 is 0 Å². The van der Waals surface area contributed by atoms with Gasteiger partial charge in [0.1, 0.15) is 0 Å². The van der Waals surface area contributed by atoms with E-state index in [1.165, 1.54) is 71.0 Å². The molecule has 0 saturated heterocycles. The zero-order valence-corrected chi connectivity index (χ0v) is 28.0. The Balaban J connectivity index is 1.15. The van der Waals surface area contributed by atoms with Crippen molar-refractivity contribution >= 4 is 18.1 Å². The van der Waals surface area contributed by atoms with Crippen molar-refractivity contribution in [2.75, 3.05) is 0 Å². The molecule has 0 radical (unpaired) electrons. The predicted octanol–water partition coefficient (Wildman–Crippen LogP) is 12.0. The molecule has 0 heterocycles. The summed E-state index contributed by atoms with van der Waals surface area (Å²) in [5, 5.41) is 0. The first-order chi connectivity index (χ1) is 24.2. The van der Waals surface area contributed by atoms with Crippen molar-refractivity contribution < 1.29 is 0 Å². The first kappa shape index (κ1) is 32.0. The average Bonchev–Trinajstić information content (AvgIpc) is 3.19. The fourth-order valence-corrected chi connectivity index (χ4v) is 7.28. The molecule has 0 aliphatic heterocycles. The van der Waals surface area contributed by atoms with E-state index in [9.17, 15) is 0 Å². The van der Waals surface area contributed by atoms with Crippen LogP contribution in [0.5, 0.6) is 0 Å². The molecule has 7 rings (SSSR count). The van der Waals surface area contributed by atoms with Crippen LogP contribution in [0.4, 0.5) is 0 Å². The molecule has 1 aliphatic rings. The summed E-state index contributed by atoms with van der Waals surface area (Å²) in [6, 6.07) is 58.6. The van der Waals surface area contributed by atoms with Crippen LogP contribution in [0.2, 0.25) is 0 Å². The molecule has 6 aromatic carbocycles. The van der Waals surface area contributed by atoms with Crippen molar-refractivity contribution in [3.63, 3.8) is 0 Å². The van der Waals surface area contributed by atoms with Crippen LogP contribution in [0.1, 0.15) is 59.9 Å². The molecule has 49 heavy (non-hydrogen) atoms. The summed E-state index contributed by atoms with van der Waals surface area (Å²) in [6.07, 6.45) is 8.20. The lowest BCUT2D eigenvalue weighted by molar-refractivity contribution is 0.346. The Morgan fingerprint density at radius 2 is 1.04 bits per heavy atom. The third-order valence-electron chi connectivity index (χ3n) is 9.97. The normalized spacial score (nSPS) is 14.7. The minimum atomic E-state index is 0.0304. The lowest BCUT2D eigenvalue weighted by Gasteiger charge is -2.39. The summed E-state index contributed by atoms with van der Waals surface area (Å²) >= 11 is 0. The first-order valence-corrected chi connectivity index (χ1v) is 17.4. The number of allylic oxidation sites excluding steroid dienone is 1. The number of aliphatic imine (C=N–C) groups is 2. The molecule has 240 valence electrons. The molecule has 0 N–H and O–H groups in total. The largest absolute Gasteiger partial charge is 0.280 e. The summed E-state index contributed by atoms with van der Waals surface area (Å²) in [5.41, 5.74) is 12.8. The highest BCUT2D eigenvalue weighted by molar-refractivity contribution is 6.12. The van der Waals surface area contributed by atoms with Crippen molar-refractivity contribution in [3.8, 4) is 22.3 Å². The molecule has 0 spiro atoms. The first-order valence-electron chi connectivity index (χ1n) is 17.4. The second-order valence-electron chi connectivity index (χ2n) is 13.0. The third-order valence-corrected chi connectivity index (χ3v) is 9.97. The Morgan fingerprint density at radius 3 is 1.63 bits per heavy atom. The maximum atomic E-state index is 5.11. The smallest absolute Gasteiger partial charge is 0.0716 e. The van der Waals surface area contributed by atoms with E-state index in [-0.39, 0.29) is 5.41 Å². The minimum Gasteiger partial charge on any atom is -0.280 e. The van der Waals surface area contributed by atoms with Gasteiger partial charge in [-0.25, -0.2) is 0 Å². The van der Waals surface area contributed by atoms with Gasteiger partial charge in [-0.3, -0.25) is 9.98 Å². The molecule has 2 nitrogen and oxygen atoms in total. The van der Waals surface area contributed by atoms with E-state index in [0.29, 0.717) is 6.54 Å². The number of benzene rings is 6. The number of nitrogens with zero attached hydrogens (tertiary/aromatic N) is 2. The van der Waals surface area contributed by atoms with Crippen molar-refractivity contribution in [1.82, 2.24) is 0 Å². The van der Waals surface area contributed by atoms with Gasteiger partial charge in [0.2, 0.25) is 0 Å². The van der Waals surface area contributed by atoms with E-state index in [4.69, 9.17) is 4.99 Å². The van der Waals surface area contributed by atoms with Crippen LogP contribution < -0.4 is 0 Å². The van der Waals surface area contributed by atoms with Gasteiger partial charge in [-0.2, -0.15) is 0 Å². The maximum absolute atomic E-state index is 5.11. The Labute approximate surface area is 291 Å². The molecule has 1 fully saturated rings. The van der Waals surface area contributed by atoms with Crippen LogP contribution >= 0.6 is 0 Å². The Bertz CT molecular complexity index is 2030. The lowest BCUT2D eigenvalue weighted by Crippen LogP contribution is -2.30. The number of rotatable bonds is 10. The molecular formula is C47H42N2. The quantitative estimate of drug-likeness (QED) is 0.134. The van der Waals surface area contributed by atoms with E-state index < -0.39 is 0 Å². The second kappa shape index (κ2) is 15.1. The summed E-state index contributed by atoms with van der Waals surface area (Å²) < 4.78 is 0. The predicted molar refractivity (Wildman–Crippen MR) is 208 cm³/mol.